The number of rotatable bonds is 3. The molecule has 0 radical (unpaired) electrons. The predicted molar refractivity (Wildman–Crippen MR) is 49.8 cm³/mol. The van der Waals surface area contributed by atoms with E-state index in [1.807, 2.05) is 0 Å². The van der Waals surface area contributed by atoms with E-state index < -0.39 is 22.7 Å². The topological polar surface area (TPSA) is 59.4 Å². The smallest absolute Gasteiger partial charge is 0.435 e. The highest BCUT2D eigenvalue weighted by molar-refractivity contribution is 7.15. The van der Waals surface area contributed by atoms with Crippen molar-refractivity contribution >= 4 is 17.3 Å². The molecule has 0 fully saturated rings. The molecule has 1 aromatic rings. The number of hydrogen-bond donors (Lipinski definition) is 1. The van der Waals surface area contributed by atoms with Gasteiger partial charge in [-0.1, -0.05) is 11.3 Å². The molecule has 1 heterocycles. The van der Waals surface area contributed by atoms with Crippen LogP contribution in [0.3, 0.4) is 0 Å². The highest BCUT2D eigenvalue weighted by Crippen LogP contribution is 2.37. The van der Waals surface area contributed by atoms with Crippen molar-refractivity contribution in [1.29, 1.82) is 0 Å². The Morgan fingerprint density at radius 2 is 2.06 bits per heavy atom. The lowest BCUT2D eigenvalue weighted by Crippen LogP contribution is -2.11. The van der Waals surface area contributed by atoms with Gasteiger partial charge in [-0.25, -0.2) is 4.79 Å². The van der Waals surface area contributed by atoms with Gasteiger partial charge in [0, 0.05) is 0 Å². The maximum atomic E-state index is 12.4. The van der Waals surface area contributed by atoms with Crippen LogP contribution in [0.1, 0.15) is 29.2 Å². The van der Waals surface area contributed by atoms with E-state index in [1.165, 1.54) is 0 Å². The Hall–Kier alpha value is -1.31. The van der Waals surface area contributed by atoms with Gasteiger partial charge in [-0.15, -0.1) is 0 Å². The predicted octanol–water partition coefficient (Wildman–Crippen LogP) is 2.65. The largest absolute Gasteiger partial charge is 0.477 e. The molecule has 1 rings (SSSR count). The second kappa shape index (κ2) is 4.28. The summed E-state index contributed by atoms with van der Waals surface area (Å²) in [5.74, 6) is -1.66. The zero-order valence-corrected chi connectivity index (χ0v) is 9.15. The number of carboxylic acids is 1. The zero-order valence-electron chi connectivity index (χ0n) is 8.33. The summed E-state index contributed by atoms with van der Waals surface area (Å²) < 4.78 is 42.1. The normalized spacial score (nSPS) is 11.9. The molecule has 1 N–H and O–H groups in total. The maximum absolute atomic E-state index is 12.4. The van der Waals surface area contributed by atoms with Gasteiger partial charge in [0.05, 0.1) is 6.10 Å². The highest BCUT2D eigenvalue weighted by atomic mass is 32.1. The van der Waals surface area contributed by atoms with E-state index in [-0.39, 0.29) is 11.3 Å². The number of hydrogen-bond acceptors (Lipinski definition) is 4. The quantitative estimate of drug-likeness (QED) is 0.902. The SMILES string of the molecule is CC(C)Oc1nc(C(F)(F)F)c(C(=O)O)s1. The van der Waals surface area contributed by atoms with Crippen LogP contribution in [0, 0.1) is 0 Å². The lowest BCUT2D eigenvalue weighted by molar-refractivity contribution is -0.141. The summed E-state index contributed by atoms with van der Waals surface area (Å²) >= 11 is 0.370. The molecule has 8 heteroatoms. The molecule has 4 nitrogen and oxygen atoms in total. The second-order valence-electron chi connectivity index (χ2n) is 3.13. The van der Waals surface area contributed by atoms with E-state index >= 15 is 0 Å². The minimum Gasteiger partial charge on any atom is -0.477 e. The molecule has 0 spiro atoms. The van der Waals surface area contributed by atoms with Crippen molar-refractivity contribution in [3.8, 4) is 5.19 Å². The lowest BCUT2D eigenvalue weighted by Gasteiger charge is -2.04. The van der Waals surface area contributed by atoms with Gasteiger partial charge in [-0.2, -0.15) is 18.2 Å². The second-order valence-corrected chi connectivity index (χ2v) is 4.09. The third-order valence-electron chi connectivity index (χ3n) is 1.41. The van der Waals surface area contributed by atoms with Crippen molar-refractivity contribution in [1.82, 2.24) is 4.98 Å². The first-order valence-electron chi connectivity index (χ1n) is 4.19. The monoisotopic (exact) mass is 255 g/mol. The van der Waals surface area contributed by atoms with Crippen molar-refractivity contribution in [3.63, 3.8) is 0 Å². The Balaban J connectivity index is 3.16. The van der Waals surface area contributed by atoms with Gasteiger partial charge in [0.2, 0.25) is 0 Å². The molecule has 0 aliphatic heterocycles. The van der Waals surface area contributed by atoms with Crippen LogP contribution in [-0.2, 0) is 6.18 Å². The van der Waals surface area contributed by atoms with Gasteiger partial charge in [0.25, 0.3) is 5.19 Å². The summed E-state index contributed by atoms with van der Waals surface area (Å²) in [6, 6.07) is 0. The molecule has 0 aliphatic carbocycles. The van der Waals surface area contributed by atoms with Crippen LogP contribution >= 0.6 is 11.3 Å². The number of aromatic nitrogens is 1. The first-order valence-corrected chi connectivity index (χ1v) is 5.01. The van der Waals surface area contributed by atoms with E-state index in [0.717, 1.165) is 0 Å². The molecule has 0 aliphatic rings. The third kappa shape index (κ3) is 2.84. The van der Waals surface area contributed by atoms with Crippen molar-refractivity contribution in [2.24, 2.45) is 0 Å². The van der Waals surface area contributed by atoms with E-state index in [0.29, 0.717) is 11.3 Å². The number of nitrogens with zero attached hydrogens (tertiary/aromatic N) is 1. The van der Waals surface area contributed by atoms with Crippen molar-refractivity contribution in [2.45, 2.75) is 26.1 Å². The van der Waals surface area contributed by atoms with Gasteiger partial charge >= 0.3 is 12.1 Å². The molecule has 0 unspecified atom stereocenters. The van der Waals surface area contributed by atoms with Crippen LogP contribution in [0.2, 0.25) is 0 Å². The molecule has 0 atom stereocenters. The average Bonchev–Trinajstić information content (AvgIpc) is 2.45. The summed E-state index contributed by atoms with van der Waals surface area (Å²) in [5.41, 5.74) is -1.42. The van der Waals surface area contributed by atoms with Crippen molar-refractivity contribution < 1.29 is 27.8 Å². The number of alkyl halides is 3. The molecular formula is C8H8F3NO3S. The fourth-order valence-corrected chi connectivity index (χ4v) is 1.79. The Bertz CT molecular complexity index is 400. The third-order valence-corrected chi connectivity index (χ3v) is 2.34. The molecule has 1 aromatic heterocycles. The minimum absolute atomic E-state index is 0.292. The van der Waals surface area contributed by atoms with E-state index in [4.69, 9.17) is 9.84 Å². The van der Waals surface area contributed by atoms with Crippen molar-refractivity contribution in [2.75, 3.05) is 0 Å². The van der Waals surface area contributed by atoms with E-state index in [1.54, 1.807) is 13.8 Å². The van der Waals surface area contributed by atoms with Crippen LogP contribution in [0.15, 0.2) is 0 Å². The molecule has 0 bridgehead atoms. The Morgan fingerprint density at radius 1 is 1.50 bits per heavy atom. The van der Waals surface area contributed by atoms with Gasteiger partial charge in [-0.3, -0.25) is 0 Å². The van der Waals surface area contributed by atoms with E-state index in [9.17, 15) is 18.0 Å². The lowest BCUT2D eigenvalue weighted by atomic mass is 10.3. The van der Waals surface area contributed by atoms with Crippen molar-refractivity contribution in [3.05, 3.63) is 10.6 Å². The van der Waals surface area contributed by atoms with Gasteiger partial charge in [0.1, 0.15) is 4.88 Å². The van der Waals surface area contributed by atoms with Crippen LogP contribution in [-0.4, -0.2) is 22.2 Å². The number of ether oxygens (including phenoxy) is 1. The fourth-order valence-electron chi connectivity index (χ4n) is 0.890. The molecule has 0 saturated carbocycles. The maximum Gasteiger partial charge on any atom is 0.435 e. The Morgan fingerprint density at radius 3 is 2.38 bits per heavy atom. The standard InChI is InChI=1S/C8H8F3NO3S/c1-3(2)15-7-12-5(8(9,10)11)4(16-7)6(13)14/h3H,1-2H3,(H,13,14). The molecule has 0 aromatic carbocycles. The molecular weight excluding hydrogens is 247 g/mol. The molecule has 16 heavy (non-hydrogen) atoms. The first kappa shape index (κ1) is 12.8. The number of carbonyl (C=O) groups is 1. The van der Waals surface area contributed by atoms with Gasteiger partial charge in [0.15, 0.2) is 5.69 Å². The summed E-state index contributed by atoms with van der Waals surface area (Å²) in [6.45, 7) is 3.21. The number of halogens is 3. The fraction of sp³-hybridized carbons (Fsp3) is 0.500. The Kier molecular flexibility index (Phi) is 3.41. The van der Waals surface area contributed by atoms with Gasteiger partial charge < -0.3 is 9.84 Å². The minimum atomic E-state index is -4.79. The van der Waals surface area contributed by atoms with Crippen LogP contribution in [0.5, 0.6) is 5.19 Å². The molecule has 90 valence electrons. The van der Waals surface area contributed by atoms with Crippen LogP contribution in [0.25, 0.3) is 0 Å². The number of carboxylic acid groups (broad SMARTS) is 1. The first-order chi connectivity index (χ1) is 7.21. The highest BCUT2D eigenvalue weighted by Gasteiger charge is 2.40. The summed E-state index contributed by atoms with van der Waals surface area (Å²) in [6.07, 6.45) is -5.16. The Labute approximate surface area is 92.7 Å². The summed E-state index contributed by atoms with van der Waals surface area (Å²) in [4.78, 5) is 12.9. The summed E-state index contributed by atoms with van der Waals surface area (Å²) in [5, 5.41) is 8.30. The number of aromatic carboxylic acids is 1. The molecule has 0 amide bonds. The van der Waals surface area contributed by atoms with E-state index in [2.05, 4.69) is 4.98 Å². The average molecular weight is 255 g/mol. The van der Waals surface area contributed by atoms with Crippen LogP contribution < -0.4 is 4.74 Å². The summed E-state index contributed by atoms with van der Waals surface area (Å²) in [7, 11) is 0. The van der Waals surface area contributed by atoms with Gasteiger partial charge in [-0.05, 0) is 13.8 Å². The molecule has 0 saturated heterocycles. The number of thiazole rings is 1. The zero-order chi connectivity index (χ0) is 12.5. The van der Waals surface area contributed by atoms with Crippen LogP contribution in [0.4, 0.5) is 13.2 Å².